The van der Waals surface area contributed by atoms with Crippen LogP contribution in [0.2, 0.25) is 10.0 Å². The zero-order chi connectivity index (χ0) is 26.9. The normalized spacial score (nSPS) is 21.8. The molecule has 0 saturated carbocycles. The van der Waals surface area contributed by atoms with Crippen molar-refractivity contribution in [3.63, 3.8) is 0 Å². The van der Waals surface area contributed by atoms with Crippen molar-refractivity contribution in [3.8, 4) is 0 Å². The Labute approximate surface area is 233 Å². The highest BCUT2D eigenvalue weighted by Crippen LogP contribution is 2.48. The van der Waals surface area contributed by atoms with Gasteiger partial charge in [0.1, 0.15) is 5.69 Å². The molecule has 194 valence electrons. The Morgan fingerprint density at radius 1 is 1.11 bits per heavy atom. The molecule has 1 aromatic heterocycles. The Kier molecular flexibility index (Phi) is 7.68. The topological polar surface area (TPSA) is 71.6 Å². The first-order chi connectivity index (χ1) is 18.3. The molecule has 1 atom stereocenters. The van der Waals surface area contributed by atoms with E-state index in [-0.39, 0.29) is 17.9 Å². The molecular weight excluding hydrogens is 549 g/mol. The highest BCUT2D eigenvalue weighted by molar-refractivity contribution is 7.97. The van der Waals surface area contributed by atoms with E-state index in [0.29, 0.717) is 46.5 Å². The molecule has 2 aliphatic rings. The lowest BCUT2D eigenvalue weighted by Gasteiger charge is -2.45. The summed E-state index contributed by atoms with van der Waals surface area (Å²) >= 11 is 13.8. The lowest BCUT2D eigenvalue weighted by molar-refractivity contribution is 0.0776. The average Bonchev–Trinajstić information content (AvgIpc) is 2.92. The van der Waals surface area contributed by atoms with Crippen molar-refractivity contribution in [3.05, 3.63) is 112 Å². The molecule has 1 unspecified atom stereocenters. The summed E-state index contributed by atoms with van der Waals surface area (Å²) in [6.07, 6.45) is 5.74. The van der Waals surface area contributed by atoms with Gasteiger partial charge in [-0.15, -0.1) is 0 Å². The predicted octanol–water partition coefficient (Wildman–Crippen LogP) is 7.19. The fourth-order valence-electron chi connectivity index (χ4n) is 4.76. The number of nitrogens with zero attached hydrogens (tertiary/aromatic N) is 3. The van der Waals surface area contributed by atoms with Crippen LogP contribution in [0.4, 0.5) is 14.5 Å². The average molecular weight is 571 g/mol. The van der Waals surface area contributed by atoms with Gasteiger partial charge in [-0.1, -0.05) is 34.8 Å². The number of hydrogen-bond donors (Lipinski definition) is 1. The quantitative estimate of drug-likeness (QED) is 0.259. The standard InChI is InChI=1S/C28H22Cl2F2N4OS/c29-21-6-5-20(13-22(21)30)38-36-10-8-18-11-26(35-19-4-7-23(31)24(32)12-19)17(15-33)14-28(18,16-36)27(37)25-3-1-2-9-34-25/h1-7,9,11-13,15H,8,10,14,16,33H2. The summed E-state index contributed by atoms with van der Waals surface area (Å²) in [5, 5.41) is 0.928. The Hall–Kier alpha value is -3.04. The molecule has 3 aromatic rings. The van der Waals surface area contributed by atoms with Crippen molar-refractivity contribution in [1.29, 1.82) is 0 Å². The molecule has 10 heteroatoms. The van der Waals surface area contributed by atoms with Crippen LogP contribution in [0, 0.1) is 17.0 Å². The van der Waals surface area contributed by atoms with Gasteiger partial charge in [-0.3, -0.25) is 9.78 Å². The number of fused-ring (bicyclic) bond motifs is 1. The van der Waals surface area contributed by atoms with Crippen LogP contribution >= 0.6 is 35.1 Å². The van der Waals surface area contributed by atoms with E-state index in [4.69, 9.17) is 28.9 Å². The summed E-state index contributed by atoms with van der Waals surface area (Å²) in [6.45, 7) is 1.06. The molecule has 1 aliphatic carbocycles. The molecular formula is C28H22Cl2F2N4OS. The molecule has 5 rings (SSSR count). The van der Waals surface area contributed by atoms with Gasteiger partial charge in [-0.05, 0) is 85.1 Å². The molecule has 2 N–H and O–H groups in total. The minimum absolute atomic E-state index is 0.116. The summed E-state index contributed by atoms with van der Waals surface area (Å²) in [5.41, 5.74) is 7.75. The second-order valence-electron chi connectivity index (χ2n) is 9.04. The second kappa shape index (κ2) is 11.0. The number of aromatic nitrogens is 1. The zero-order valence-corrected chi connectivity index (χ0v) is 22.3. The molecule has 1 aliphatic heterocycles. The van der Waals surface area contributed by atoms with E-state index < -0.39 is 17.0 Å². The van der Waals surface area contributed by atoms with E-state index in [1.807, 2.05) is 12.1 Å². The number of allylic oxidation sites excluding steroid dienone is 2. The van der Waals surface area contributed by atoms with E-state index in [2.05, 4.69) is 14.3 Å². The molecule has 38 heavy (non-hydrogen) atoms. The van der Waals surface area contributed by atoms with E-state index >= 15 is 0 Å². The molecule has 2 aromatic carbocycles. The summed E-state index contributed by atoms with van der Waals surface area (Å²) in [6, 6.07) is 14.1. The summed E-state index contributed by atoms with van der Waals surface area (Å²) in [5.74, 6) is -2.05. The molecule has 0 radical (unpaired) electrons. The summed E-state index contributed by atoms with van der Waals surface area (Å²) < 4.78 is 29.4. The maximum absolute atomic E-state index is 14.1. The highest BCUT2D eigenvalue weighted by Gasteiger charge is 2.49. The van der Waals surface area contributed by atoms with Gasteiger partial charge < -0.3 is 5.73 Å². The number of nitrogens with two attached hydrogens (primary N) is 1. The molecule has 0 amide bonds. The van der Waals surface area contributed by atoms with Crippen LogP contribution in [0.5, 0.6) is 0 Å². The molecule has 2 heterocycles. The SMILES string of the molecule is NC=C1CC2(C(=O)c3ccccn3)CN(Sc3ccc(Cl)c(Cl)c3)CCC2=CC1=Nc1ccc(F)c(F)c1. The minimum atomic E-state index is -0.985. The van der Waals surface area contributed by atoms with Gasteiger partial charge in [-0.25, -0.2) is 18.1 Å². The van der Waals surface area contributed by atoms with Gasteiger partial charge in [0.15, 0.2) is 17.4 Å². The lowest BCUT2D eigenvalue weighted by Crippen LogP contribution is -2.49. The minimum Gasteiger partial charge on any atom is -0.404 e. The molecule has 1 saturated heterocycles. The van der Waals surface area contributed by atoms with Crippen LogP contribution in [0.15, 0.2) is 94.1 Å². The Balaban J connectivity index is 1.55. The first kappa shape index (κ1) is 26.6. The third kappa shape index (κ3) is 5.27. The number of piperidine rings is 1. The second-order valence-corrected chi connectivity index (χ2v) is 11.0. The first-order valence-corrected chi connectivity index (χ1v) is 13.3. The highest BCUT2D eigenvalue weighted by atomic mass is 35.5. The van der Waals surface area contributed by atoms with Crippen LogP contribution in [0.1, 0.15) is 23.3 Å². The van der Waals surface area contributed by atoms with Crippen LogP contribution in [0.3, 0.4) is 0 Å². The number of hydrogen-bond acceptors (Lipinski definition) is 6. The van der Waals surface area contributed by atoms with Crippen LogP contribution in [-0.4, -0.2) is 33.9 Å². The number of halogens is 4. The zero-order valence-electron chi connectivity index (χ0n) is 20.0. The fraction of sp³-hybridized carbons (Fsp3) is 0.179. The lowest BCUT2D eigenvalue weighted by atomic mass is 9.64. The van der Waals surface area contributed by atoms with E-state index in [1.54, 1.807) is 36.5 Å². The third-order valence-corrected chi connectivity index (χ3v) is 8.41. The van der Waals surface area contributed by atoms with Gasteiger partial charge in [0, 0.05) is 30.2 Å². The van der Waals surface area contributed by atoms with Crippen molar-refractivity contribution in [2.24, 2.45) is 16.1 Å². The van der Waals surface area contributed by atoms with Crippen LogP contribution in [0.25, 0.3) is 0 Å². The Bertz CT molecular complexity index is 1500. The molecule has 0 bridgehead atoms. The van der Waals surface area contributed by atoms with E-state index in [9.17, 15) is 13.6 Å². The number of carbonyl (C=O) groups excluding carboxylic acids is 1. The Morgan fingerprint density at radius 2 is 1.95 bits per heavy atom. The molecule has 0 spiro atoms. The largest absolute Gasteiger partial charge is 0.404 e. The number of benzene rings is 2. The third-order valence-electron chi connectivity index (χ3n) is 6.64. The number of rotatable bonds is 5. The van der Waals surface area contributed by atoms with Gasteiger partial charge >= 0.3 is 0 Å². The maximum atomic E-state index is 14.1. The van der Waals surface area contributed by atoms with E-state index in [1.165, 1.54) is 24.2 Å². The van der Waals surface area contributed by atoms with Crippen molar-refractivity contribution in [2.45, 2.75) is 17.7 Å². The maximum Gasteiger partial charge on any atom is 0.192 e. The number of carbonyl (C=O) groups is 1. The van der Waals surface area contributed by atoms with Gasteiger partial charge in [-0.2, -0.15) is 0 Å². The first-order valence-electron chi connectivity index (χ1n) is 11.8. The van der Waals surface area contributed by atoms with E-state index in [0.717, 1.165) is 22.6 Å². The molecule has 5 nitrogen and oxygen atoms in total. The number of Topliss-reactive ketones (excluding diaryl/α,β-unsaturated/α-hetero) is 1. The van der Waals surface area contributed by atoms with Gasteiger partial charge in [0.2, 0.25) is 0 Å². The van der Waals surface area contributed by atoms with Crippen molar-refractivity contribution in [1.82, 2.24) is 9.29 Å². The smallest absolute Gasteiger partial charge is 0.192 e. The van der Waals surface area contributed by atoms with Crippen molar-refractivity contribution < 1.29 is 13.6 Å². The van der Waals surface area contributed by atoms with Crippen molar-refractivity contribution >= 4 is 52.3 Å². The molecule has 1 fully saturated rings. The van der Waals surface area contributed by atoms with Crippen LogP contribution in [-0.2, 0) is 0 Å². The Morgan fingerprint density at radius 3 is 2.66 bits per heavy atom. The monoisotopic (exact) mass is 570 g/mol. The summed E-state index contributed by atoms with van der Waals surface area (Å²) in [7, 11) is 0. The number of ketones is 1. The number of pyridine rings is 1. The number of aliphatic imine (C=N–C) groups is 1. The summed E-state index contributed by atoms with van der Waals surface area (Å²) in [4.78, 5) is 23.9. The van der Waals surface area contributed by atoms with Gasteiger partial charge in [0.25, 0.3) is 0 Å². The predicted molar refractivity (Wildman–Crippen MR) is 148 cm³/mol. The van der Waals surface area contributed by atoms with Gasteiger partial charge in [0.05, 0.1) is 26.9 Å². The fourth-order valence-corrected chi connectivity index (χ4v) is 6.19. The van der Waals surface area contributed by atoms with Crippen molar-refractivity contribution in [2.75, 3.05) is 13.1 Å². The van der Waals surface area contributed by atoms with Crippen LogP contribution < -0.4 is 5.73 Å².